The van der Waals surface area contributed by atoms with E-state index in [1.807, 2.05) is 13.8 Å². The molecule has 17 heavy (non-hydrogen) atoms. The number of nitrogens with two attached hydrogens (primary N) is 1. The Kier molecular flexibility index (Phi) is 3.02. The number of anilines is 2. The Morgan fingerprint density at radius 2 is 2.41 bits per heavy atom. The molecule has 0 aliphatic carbocycles. The number of aryl methyl sites for hydroxylation is 1. The number of hydrogen-bond acceptors (Lipinski definition) is 4. The third-order valence-electron chi connectivity index (χ3n) is 3.03. The van der Waals surface area contributed by atoms with E-state index in [-0.39, 0.29) is 5.91 Å². The Balaban J connectivity index is 2.13. The van der Waals surface area contributed by atoms with Gasteiger partial charge in [-0.25, -0.2) is 4.98 Å². The average Bonchev–Trinajstić information content (AvgIpc) is 2.71. The molecule has 1 fully saturated rings. The summed E-state index contributed by atoms with van der Waals surface area (Å²) in [6, 6.07) is 1.78. The van der Waals surface area contributed by atoms with Gasteiger partial charge in [0.15, 0.2) is 0 Å². The lowest BCUT2D eigenvalue weighted by Gasteiger charge is -2.22. The van der Waals surface area contributed by atoms with Crippen molar-refractivity contribution in [3.63, 3.8) is 0 Å². The van der Waals surface area contributed by atoms with Crippen LogP contribution in [0.2, 0.25) is 0 Å². The molecule has 2 rings (SSSR count). The number of carbonyl (C=O) groups excluding carboxylic acids is 1. The Bertz CT molecular complexity index is 439. The molecular weight excluding hydrogens is 218 g/mol. The highest BCUT2D eigenvalue weighted by Crippen LogP contribution is 2.27. The number of pyridine rings is 1. The van der Waals surface area contributed by atoms with Crippen LogP contribution in [0.15, 0.2) is 12.3 Å². The van der Waals surface area contributed by atoms with Gasteiger partial charge in [-0.1, -0.05) is 0 Å². The fourth-order valence-electron chi connectivity index (χ4n) is 1.93. The van der Waals surface area contributed by atoms with Gasteiger partial charge in [0.2, 0.25) is 0 Å². The minimum atomic E-state index is -0.727. The lowest BCUT2D eigenvalue weighted by molar-refractivity contribution is -0.133. The van der Waals surface area contributed by atoms with Crippen molar-refractivity contribution in [2.75, 3.05) is 17.7 Å². The molecule has 1 aromatic heterocycles. The molecule has 1 aromatic rings. The second-order valence-electron chi connectivity index (χ2n) is 4.57. The summed E-state index contributed by atoms with van der Waals surface area (Å²) in [5, 5.41) is 2.79. The summed E-state index contributed by atoms with van der Waals surface area (Å²) < 4.78 is 5.47. The zero-order chi connectivity index (χ0) is 12.5. The number of hydrogen-bond donors (Lipinski definition) is 2. The van der Waals surface area contributed by atoms with Crippen LogP contribution in [-0.4, -0.2) is 23.1 Å². The van der Waals surface area contributed by atoms with Crippen LogP contribution < -0.4 is 11.1 Å². The molecule has 1 saturated heterocycles. The van der Waals surface area contributed by atoms with Gasteiger partial charge >= 0.3 is 0 Å². The average molecular weight is 235 g/mol. The predicted octanol–water partition coefficient (Wildman–Crippen LogP) is 1.48. The van der Waals surface area contributed by atoms with Crippen molar-refractivity contribution < 1.29 is 9.53 Å². The highest BCUT2D eigenvalue weighted by Gasteiger charge is 2.37. The third-order valence-corrected chi connectivity index (χ3v) is 3.03. The topological polar surface area (TPSA) is 77.2 Å². The van der Waals surface area contributed by atoms with Crippen molar-refractivity contribution in [2.24, 2.45) is 0 Å². The van der Waals surface area contributed by atoms with Gasteiger partial charge < -0.3 is 15.8 Å². The fraction of sp³-hybridized carbons (Fsp3) is 0.500. The zero-order valence-corrected chi connectivity index (χ0v) is 10.1. The summed E-state index contributed by atoms with van der Waals surface area (Å²) in [5.41, 5.74) is 6.31. The third kappa shape index (κ3) is 2.39. The molecule has 3 N–H and O–H groups in total. The Hall–Kier alpha value is -1.62. The van der Waals surface area contributed by atoms with Gasteiger partial charge in [-0.15, -0.1) is 0 Å². The monoisotopic (exact) mass is 235 g/mol. The van der Waals surface area contributed by atoms with Gasteiger partial charge in [0.1, 0.15) is 11.4 Å². The van der Waals surface area contributed by atoms with Gasteiger partial charge in [0.25, 0.3) is 5.91 Å². The number of rotatable bonds is 2. The van der Waals surface area contributed by atoms with Crippen molar-refractivity contribution in [1.82, 2.24) is 4.98 Å². The molecule has 1 unspecified atom stereocenters. The molecule has 5 heteroatoms. The maximum atomic E-state index is 12.1. The molecule has 1 aliphatic heterocycles. The van der Waals surface area contributed by atoms with Crippen LogP contribution >= 0.6 is 0 Å². The summed E-state index contributed by atoms with van der Waals surface area (Å²) in [6.07, 6.45) is 3.19. The molecule has 1 aliphatic rings. The number of ether oxygens (including phenoxy) is 1. The van der Waals surface area contributed by atoms with E-state index in [1.165, 1.54) is 6.20 Å². The summed E-state index contributed by atoms with van der Waals surface area (Å²) in [7, 11) is 0. The van der Waals surface area contributed by atoms with E-state index in [0.29, 0.717) is 18.1 Å². The van der Waals surface area contributed by atoms with Crippen molar-refractivity contribution in [3.05, 3.63) is 17.8 Å². The summed E-state index contributed by atoms with van der Waals surface area (Å²) >= 11 is 0. The molecule has 0 saturated carbocycles. The second-order valence-corrected chi connectivity index (χ2v) is 4.57. The smallest absolute Gasteiger partial charge is 0.257 e. The first-order chi connectivity index (χ1) is 8.01. The number of nitrogen functional groups attached to an aromatic ring is 1. The van der Waals surface area contributed by atoms with Gasteiger partial charge in [0.05, 0.1) is 11.9 Å². The SMILES string of the molecule is Cc1cc(N)cnc1NC(=O)C1(C)CCCO1. The van der Waals surface area contributed by atoms with Gasteiger partial charge in [-0.3, -0.25) is 4.79 Å². The van der Waals surface area contributed by atoms with Crippen molar-refractivity contribution in [1.29, 1.82) is 0 Å². The van der Waals surface area contributed by atoms with E-state index in [0.717, 1.165) is 18.4 Å². The minimum absolute atomic E-state index is 0.143. The van der Waals surface area contributed by atoms with E-state index in [9.17, 15) is 4.79 Å². The second kappa shape index (κ2) is 4.33. The minimum Gasteiger partial charge on any atom is -0.397 e. The van der Waals surface area contributed by atoms with Crippen LogP contribution in [0.4, 0.5) is 11.5 Å². The summed E-state index contributed by atoms with van der Waals surface area (Å²) in [6.45, 7) is 4.30. The molecule has 0 radical (unpaired) electrons. The predicted molar refractivity (Wildman–Crippen MR) is 65.6 cm³/mol. The maximum absolute atomic E-state index is 12.1. The normalized spacial score (nSPS) is 23.6. The standard InChI is InChI=1S/C12H17N3O2/c1-8-6-9(13)7-14-10(8)15-11(16)12(2)4-3-5-17-12/h6-7H,3-5,13H2,1-2H3,(H,14,15,16). The fourth-order valence-corrected chi connectivity index (χ4v) is 1.93. The molecule has 1 atom stereocenters. The van der Waals surface area contributed by atoms with Crippen molar-refractivity contribution in [2.45, 2.75) is 32.3 Å². The van der Waals surface area contributed by atoms with Crippen LogP contribution in [0.5, 0.6) is 0 Å². The van der Waals surface area contributed by atoms with Crippen LogP contribution in [-0.2, 0) is 9.53 Å². The molecular formula is C12H17N3O2. The highest BCUT2D eigenvalue weighted by molar-refractivity contribution is 5.97. The lowest BCUT2D eigenvalue weighted by Crippen LogP contribution is -2.39. The largest absolute Gasteiger partial charge is 0.397 e. The molecule has 1 amide bonds. The van der Waals surface area contributed by atoms with Crippen LogP contribution in [0.3, 0.4) is 0 Å². The Labute approximate surface area is 100 Å². The number of aromatic nitrogens is 1. The zero-order valence-electron chi connectivity index (χ0n) is 10.1. The number of amides is 1. The first kappa shape index (κ1) is 11.9. The molecule has 5 nitrogen and oxygen atoms in total. The number of nitrogens with zero attached hydrogens (tertiary/aromatic N) is 1. The Morgan fingerprint density at radius 3 is 3.00 bits per heavy atom. The molecule has 92 valence electrons. The van der Waals surface area contributed by atoms with Crippen LogP contribution in [0, 0.1) is 6.92 Å². The number of carbonyl (C=O) groups is 1. The van der Waals surface area contributed by atoms with E-state index in [2.05, 4.69) is 10.3 Å². The van der Waals surface area contributed by atoms with Crippen LogP contribution in [0.25, 0.3) is 0 Å². The van der Waals surface area contributed by atoms with E-state index >= 15 is 0 Å². The maximum Gasteiger partial charge on any atom is 0.257 e. The summed E-state index contributed by atoms with van der Waals surface area (Å²) in [5.74, 6) is 0.399. The van der Waals surface area contributed by atoms with E-state index in [1.54, 1.807) is 6.07 Å². The molecule has 0 aromatic carbocycles. The quantitative estimate of drug-likeness (QED) is 0.814. The molecule has 2 heterocycles. The van der Waals surface area contributed by atoms with E-state index in [4.69, 9.17) is 10.5 Å². The summed E-state index contributed by atoms with van der Waals surface area (Å²) in [4.78, 5) is 16.2. The van der Waals surface area contributed by atoms with Gasteiger partial charge in [-0.2, -0.15) is 0 Å². The van der Waals surface area contributed by atoms with Crippen LogP contribution in [0.1, 0.15) is 25.3 Å². The van der Waals surface area contributed by atoms with Crippen molar-refractivity contribution in [3.8, 4) is 0 Å². The first-order valence-corrected chi connectivity index (χ1v) is 5.69. The Morgan fingerprint density at radius 1 is 1.65 bits per heavy atom. The molecule has 0 bridgehead atoms. The van der Waals surface area contributed by atoms with Gasteiger partial charge in [-0.05, 0) is 38.3 Å². The molecule has 0 spiro atoms. The van der Waals surface area contributed by atoms with Gasteiger partial charge in [0, 0.05) is 6.61 Å². The number of nitrogens with one attached hydrogen (secondary N) is 1. The first-order valence-electron chi connectivity index (χ1n) is 5.69. The lowest BCUT2D eigenvalue weighted by atomic mass is 10.0. The van der Waals surface area contributed by atoms with E-state index < -0.39 is 5.60 Å². The highest BCUT2D eigenvalue weighted by atomic mass is 16.5. The van der Waals surface area contributed by atoms with Crippen molar-refractivity contribution >= 4 is 17.4 Å².